The third-order valence-corrected chi connectivity index (χ3v) is 4.65. The van der Waals surface area contributed by atoms with Crippen molar-refractivity contribution in [3.05, 3.63) is 101 Å². The zero-order valence-electron chi connectivity index (χ0n) is 16.9. The minimum Gasteiger partial charge on any atom is -0.490 e. The van der Waals surface area contributed by atoms with E-state index in [1.54, 1.807) is 24.3 Å². The van der Waals surface area contributed by atoms with Gasteiger partial charge in [-0.25, -0.2) is 9.89 Å². The Morgan fingerprint density at radius 3 is 2.06 bits per heavy atom. The van der Waals surface area contributed by atoms with E-state index in [9.17, 15) is 9.59 Å². The molecule has 0 unspecified atom stereocenters. The Morgan fingerprint density at radius 2 is 1.42 bits per heavy atom. The van der Waals surface area contributed by atoms with Crippen molar-refractivity contribution in [1.29, 1.82) is 0 Å². The van der Waals surface area contributed by atoms with Crippen molar-refractivity contribution in [3.63, 3.8) is 0 Å². The summed E-state index contributed by atoms with van der Waals surface area (Å²) >= 11 is 0. The van der Waals surface area contributed by atoms with Crippen LogP contribution in [-0.2, 0) is 0 Å². The van der Waals surface area contributed by atoms with Crippen molar-refractivity contribution in [3.8, 4) is 33.9 Å². The third-order valence-electron chi connectivity index (χ3n) is 4.65. The minimum absolute atomic E-state index is 0.119. The largest absolute Gasteiger partial charge is 0.490 e. The quantitative estimate of drug-likeness (QED) is 0.366. The van der Waals surface area contributed by atoms with Crippen LogP contribution in [0.4, 0.5) is 0 Å². The molecule has 4 aromatic rings. The number of para-hydroxylation sites is 2. The highest BCUT2D eigenvalue weighted by Crippen LogP contribution is 2.33. The van der Waals surface area contributed by atoms with Gasteiger partial charge in [-0.1, -0.05) is 72.8 Å². The van der Waals surface area contributed by atoms with Crippen LogP contribution < -0.4 is 15.0 Å². The molecule has 0 spiro atoms. The molecule has 1 N–H and O–H groups in total. The van der Waals surface area contributed by atoms with E-state index in [2.05, 4.69) is 10.2 Å². The second-order valence-electron chi connectivity index (χ2n) is 6.65. The number of carbonyl (C=O) groups excluding carboxylic acids is 1. The maximum atomic E-state index is 13.2. The lowest BCUT2D eigenvalue weighted by Gasteiger charge is -2.14. The Balaban J connectivity index is 1.88. The molecule has 0 radical (unpaired) electrons. The zero-order chi connectivity index (χ0) is 21.6. The summed E-state index contributed by atoms with van der Waals surface area (Å²) in [6.07, 6.45) is 0. The molecular weight excluding hydrogens is 392 g/mol. The molecule has 4 rings (SSSR count). The molecule has 0 aliphatic carbocycles. The van der Waals surface area contributed by atoms with Gasteiger partial charge in [-0.2, -0.15) is 5.10 Å². The molecule has 0 fully saturated rings. The Hall–Kier alpha value is -4.19. The predicted octanol–water partition coefficient (Wildman–Crippen LogP) is 4.72. The van der Waals surface area contributed by atoms with E-state index in [1.807, 2.05) is 67.6 Å². The Bertz CT molecular complexity index is 1250. The van der Waals surface area contributed by atoms with Crippen LogP contribution >= 0.6 is 0 Å². The summed E-state index contributed by atoms with van der Waals surface area (Å²) in [6.45, 7) is 2.25. The number of aromatic nitrogens is 2. The second kappa shape index (κ2) is 9.09. The summed E-state index contributed by atoms with van der Waals surface area (Å²) in [7, 11) is 0. The molecule has 0 amide bonds. The van der Waals surface area contributed by atoms with Crippen LogP contribution in [0.1, 0.15) is 17.3 Å². The molecule has 6 heteroatoms. The number of carbonyl (C=O) groups is 1. The SMILES string of the molecule is CCOc1ccccc1OC(=O)c1c(-c2ccccc2)c(-c2ccccc2)n[nH]c1=O. The summed E-state index contributed by atoms with van der Waals surface area (Å²) in [5, 5.41) is 6.70. The maximum absolute atomic E-state index is 13.2. The van der Waals surface area contributed by atoms with Gasteiger partial charge in [-0.05, 0) is 24.6 Å². The van der Waals surface area contributed by atoms with Crippen molar-refractivity contribution >= 4 is 5.97 Å². The molecule has 0 saturated heterocycles. The highest BCUT2D eigenvalue weighted by molar-refractivity contribution is 6.01. The third kappa shape index (κ3) is 4.23. The number of H-pyrrole nitrogens is 1. The Kier molecular flexibility index (Phi) is 5.89. The second-order valence-corrected chi connectivity index (χ2v) is 6.65. The van der Waals surface area contributed by atoms with Crippen molar-refractivity contribution < 1.29 is 14.3 Å². The van der Waals surface area contributed by atoms with Crippen LogP contribution in [0.15, 0.2) is 89.7 Å². The number of nitrogens with one attached hydrogen (secondary N) is 1. The van der Waals surface area contributed by atoms with Gasteiger partial charge >= 0.3 is 5.97 Å². The first-order valence-electron chi connectivity index (χ1n) is 9.86. The van der Waals surface area contributed by atoms with E-state index in [0.717, 1.165) is 5.56 Å². The number of rotatable bonds is 6. The van der Waals surface area contributed by atoms with Gasteiger partial charge in [0.15, 0.2) is 11.5 Å². The first-order valence-corrected chi connectivity index (χ1v) is 9.86. The normalized spacial score (nSPS) is 10.5. The molecular formula is C25H20N2O4. The summed E-state index contributed by atoms with van der Waals surface area (Å²) in [5.41, 5.74) is 1.60. The molecule has 0 aliphatic rings. The van der Waals surface area contributed by atoms with E-state index >= 15 is 0 Å². The molecule has 0 aliphatic heterocycles. The zero-order valence-corrected chi connectivity index (χ0v) is 16.9. The van der Waals surface area contributed by atoms with Gasteiger partial charge in [0.25, 0.3) is 5.56 Å². The molecule has 0 atom stereocenters. The minimum atomic E-state index is -0.785. The van der Waals surface area contributed by atoms with Gasteiger partial charge < -0.3 is 9.47 Å². The van der Waals surface area contributed by atoms with Gasteiger partial charge in [0.2, 0.25) is 0 Å². The van der Waals surface area contributed by atoms with Crippen LogP contribution in [0, 0.1) is 0 Å². The number of benzene rings is 3. The maximum Gasteiger partial charge on any atom is 0.350 e. The van der Waals surface area contributed by atoms with Crippen LogP contribution in [0.25, 0.3) is 22.4 Å². The summed E-state index contributed by atoms with van der Waals surface area (Å²) < 4.78 is 11.1. The summed E-state index contributed by atoms with van der Waals surface area (Å²) in [6, 6.07) is 25.4. The molecule has 1 heterocycles. The van der Waals surface area contributed by atoms with Crippen LogP contribution in [0.3, 0.4) is 0 Å². The predicted molar refractivity (Wildman–Crippen MR) is 118 cm³/mol. The lowest BCUT2D eigenvalue weighted by molar-refractivity contribution is 0.0727. The van der Waals surface area contributed by atoms with Gasteiger partial charge in [-0.3, -0.25) is 4.79 Å². The monoisotopic (exact) mass is 412 g/mol. The van der Waals surface area contributed by atoms with Crippen LogP contribution in [-0.4, -0.2) is 22.8 Å². The highest BCUT2D eigenvalue weighted by atomic mass is 16.6. The number of ether oxygens (including phenoxy) is 2. The average molecular weight is 412 g/mol. The van der Waals surface area contributed by atoms with E-state index in [1.165, 1.54) is 0 Å². The summed E-state index contributed by atoms with van der Waals surface area (Å²) in [4.78, 5) is 26.0. The number of nitrogens with zero attached hydrogens (tertiary/aromatic N) is 1. The van der Waals surface area contributed by atoms with Crippen molar-refractivity contribution in [2.45, 2.75) is 6.92 Å². The number of esters is 1. The fourth-order valence-corrected chi connectivity index (χ4v) is 3.30. The van der Waals surface area contributed by atoms with Crippen LogP contribution in [0.2, 0.25) is 0 Å². The van der Waals surface area contributed by atoms with E-state index in [0.29, 0.717) is 29.2 Å². The molecule has 1 aromatic heterocycles. The molecule has 154 valence electrons. The van der Waals surface area contributed by atoms with Gasteiger partial charge in [0, 0.05) is 11.1 Å². The first kappa shape index (κ1) is 20.1. The first-order chi connectivity index (χ1) is 15.2. The fourth-order valence-electron chi connectivity index (χ4n) is 3.30. The van der Waals surface area contributed by atoms with E-state index in [4.69, 9.17) is 9.47 Å². The molecule has 3 aromatic carbocycles. The topological polar surface area (TPSA) is 81.3 Å². The van der Waals surface area contributed by atoms with E-state index in [-0.39, 0.29) is 11.3 Å². The molecule has 0 saturated carbocycles. The average Bonchev–Trinajstić information content (AvgIpc) is 2.81. The van der Waals surface area contributed by atoms with Crippen molar-refractivity contribution in [2.24, 2.45) is 0 Å². The van der Waals surface area contributed by atoms with Gasteiger partial charge in [0.05, 0.1) is 12.3 Å². The summed E-state index contributed by atoms with van der Waals surface area (Å²) in [5.74, 6) is -0.119. The highest BCUT2D eigenvalue weighted by Gasteiger charge is 2.25. The van der Waals surface area contributed by atoms with Crippen molar-refractivity contribution in [1.82, 2.24) is 10.2 Å². The Labute approximate surface area is 179 Å². The van der Waals surface area contributed by atoms with Gasteiger partial charge in [0.1, 0.15) is 5.56 Å². The molecule has 0 bridgehead atoms. The fraction of sp³-hybridized carbons (Fsp3) is 0.0800. The lowest BCUT2D eigenvalue weighted by atomic mass is 9.95. The number of hydrogen-bond acceptors (Lipinski definition) is 5. The lowest BCUT2D eigenvalue weighted by Crippen LogP contribution is -2.25. The van der Waals surface area contributed by atoms with Crippen molar-refractivity contribution in [2.75, 3.05) is 6.61 Å². The van der Waals surface area contributed by atoms with Gasteiger partial charge in [-0.15, -0.1) is 0 Å². The van der Waals surface area contributed by atoms with Crippen LogP contribution in [0.5, 0.6) is 11.5 Å². The number of hydrogen-bond donors (Lipinski definition) is 1. The standard InChI is InChI=1S/C25H20N2O4/c1-2-30-19-15-9-10-16-20(19)31-25(29)22-21(17-11-5-3-6-12-17)23(26-27-24(22)28)18-13-7-4-8-14-18/h3-16H,2H2,1H3,(H,27,28). The smallest absolute Gasteiger partial charge is 0.350 e. The molecule has 6 nitrogen and oxygen atoms in total. The Morgan fingerprint density at radius 1 is 0.839 bits per heavy atom. The van der Waals surface area contributed by atoms with E-state index < -0.39 is 11.5 Å². The number of aromatic amines is 1. The molecule has 31 heavy (non-hydrogen) atoms.